The van der Waals surface area contributed by atoms with Crippen molar-refractivity contribution in [2.45, 2.75) is 44.9 Å². The second-order valence-electron chi connectivity index (χ2n) is 8.15. The molecule has 4 nitrogen and oxygen atoms in total. The van der Waals surface area contributed by atoms with E-state index in [9.17, 15) is 9.59 Å². The van der Waals surface area contributed by atoms with Crippen LogP contribution in [0.15, 0.2) is 12.2 Å². The van der Waals surface area contributed by atoms with Gasteiger partial charge < -0.3 is 10.0 Å². The van der Waals surface area contributed by atoms with Crippen molar-refractivity contribution in [1.82, 2.24) is 4.90 Å². The summed E-state index contributed by atoms with van der Waals surface area (Å²) in [4.78, 5) is 25.7. The van der Waals surface area contributed by atoms with Crippen LogP contribution in [0.1, 0.15) is 44.9 Å². The summed E-state index contributed by atoms with van der Waals surface area (Å²) in [6, 6.07) is 0. The van der Waals surface area contributed by atoms with Crippen LogP contribution in [0.5, 0.6) is 0 Å². The van der Waals surface area contributed by atoms with Crippen molar-refractivity contribution in [1.29, 1.82) is 0 Å². The average Bonchev–Trinajstić information content (AvgIpc) is 3.37. The van der Waals surface area contributed by atoms with Gasteiger partial charge in [0.1, 0.15) is 0 Å². The number of allylic oxidation sites excluding steroid dienone is 2. The number of rotatable bonds is 4. The molecule has 1 saturated heterocycles. The molecule has 23 heavy (non-hydrogen) atoms. The van der Waals surface area contributed by atoms with E-state index >= 15 is 0 Å². The van der Waals surface area contributed by atoms with Gasteiger partial charge in [0.05, 0.1) is 5.92 Å². The Balaban J connectivity index is 1.25. The second-order valence-corrected chi connectivity index (χ2v) is 8.15. The van der Waals surface area contributed by atoms with Gasteiger partial charge in [-0.3, -0.25) is 9.59 Å². The molecule has 5 atom stereocenters. The van der Waals surface area contributed by atoms with E-state index in [0.29, 0.717) is 35.5 Å². The molecule has 0 spiro atoms. The van der Waals surface area contributed by atoms with E-state index in [0.717, 1.165) is 38.8 Å². The highest BCUT2D eigenvalue weighted by Crippen LogP contribution is 2.48. The lowest BCUT2D eigenvalue weighted by Gasteiger charge is -2.39. The minimum atomic E-state index is -0.631. The van der Waals surface area contributed by atoms with Crippen LogP contribution in [0.4, 0.5) is 0 Å². The molecule has 1 aliphatic heterocycles. The van der Waals surface area contributed by atoms with Crippen LogP contribution in [0.25, 0.3) is 0 Å². The molecule has 0 aromatic carbocycles. The lowest BCUT2D eigenvalue weighted by Crippen LogP contribution is -2.41. The fourth-order valence-electron chi connectivity index (χ4n) is 5.24. The zero-order chi connectivity index (χ0) is 16.0. The maximum atomic E-state index is 12.6. The van der Waals surface area contributed by atoms with Crippen LogP contribution < -0.4 is 0 Å². The molecular formula is C19H27NO3. The molecule has 2 bridgehead atoms. The molecular weight excluding hydrogens is 290 g/mol. The van der Waals surface area contributed by atoms with E-state index in [2.05, 4.69) is 12.2 Å². The Morgan fingerprint density at radius 3 is 2.35 bits per heavy atom. The predicted molar refractivity (Wildman–Crippen MR) is 86.6 cm³/mol. The van der Waals surface area contributed by atoms with Crippen molar-refractivity contribution >= 4 is 11.9 Å². The number of aliphatic carboxylic acids is 1. The number of carboxylic acid groups (broad SMARTS) is 1. The molecule has 1 N–H and O–H groups in total. The van der Waals surface area contributed by atoms with E-state index in [4.69, 9.17) is 5.11 Å². The maximum absolute atomic E-state index is 12.6. The van der Waals surface area contributed by atoms with Crippen molar-refractivity contribution in [2.24, 2.45) is 35.5 Å². The highest BCUT2D eigenvalue weighted by atomic mass is 16.4. The Bertz CT molecular complexity index is 521. The van der Waals surface area contributed by atoms with Crippen LogP contribution in [0.3, 0.4) is 0 Å². The van der Waals surface area contributed by atoms with Crippen LogP contribution in [-0.2, 0) is 9.59 Å². The Labute approximate surface area is 137 Å². The molecule has 126 valence electrons. The topological polar surface area (TPSA) is 57.6 Å². The van der Waals surface area contributed by atoms with E-state index in [1.807, 2.05) is 4.90 Å². The van der Waals surface area contributed by atoms with Crippen LogP contribution >= 0.6 is 0 Å². The van der Waals surface area contributed by atoms with E-state index in [1.165, 1.54) is 19.3 Å². The quantitative estimate of drug-likeness (QED) is 0.811. The number of amides is 1. The Morgan fingerprint density at radius 2 is 1.83 bits per heavy atom. The molecule has 4 heteroatoms. The standard InChI is InChI=1S/C19H27NO3/c21-18(10-15-9-12-1-3-13(15)4-2-12)20-7-5-14(6-8-20)16-11-17(16)19(22)23/h1,3,12-17H,2,4-11H2,(H,22,23)/t12-,13+,15+,16+,17-/m1/s1. The third kappa shape index (κ3) is 3.05. The summed E-state index contributed by atoms with van der Waals surface area (Å²) in [6.07, 6.45) is 12.0. The second kappa shape index (κ2) is 5.95. The minimum absolute atomic E-state index is 0.105. The summed E-state index contributed by atoms with van der Waals surface area (Å²) in [5.74, 6) is 2.40. The van der Waals surface area contributed by atoms with Gasteiger partial charge in [0, 0.05) is 19.5 Å². The van der Waals surface area contributed by atoms with Gasteiger partial charge in [-0.15, -0.1) is 0 Å². The monoisotopic (exact) mass is 317 g/mol. The largest absolute Gasteiger partial charge is 0.481 e. The van der Waals surface area contributed by atoms with Gasteiger partial charge in [-0.2, -0.15) is 0 Å². The van der Waals surface area contributed by atoms with Crippen molar-refractivity contribution in [3.63, 3.8) is 0 Å². The zero-order valence-electron chi connectivity index (χ0n) is 13.7. The smallest absolute Gasteiger partial charge is 0.306 e. The average molecular weight is 317 g/mol. The Kier molecular flexibility index (Phi) is 3.94. The fraction of sp³-hybridized carbons (Fsp3) is 0.789. The number of carbonyl (C=O) groups excluding carboxylic acids is 1. The summed E-state index contributed by atoms with van der Waals surface area (Å²) in [5.41, 5.74) is 0. The number of nitrogens with zero attached hydrogens (tertiary/aromatic N) is 1. The summed E-state index contributed by atoms with van der Waals surface area (Å²) >= 11 is 0. The van der Waals surface area contributed by atoms with E-state index < -0.39 is 5.97 Å². The number of hydrogen-bond donors (Lipinski definition) is 1. The predicted octanol–water partition coefficient (Wildman–Crippen LogP) is 2.94. The number of carboxylic acids is 1. The summed E-state index contributed by atoms with van der Waals surface area (Å²) < 4.78 is 0. The SMILES string of the molecule is O=C(O)[C@@H]1C[C@H]1C1CCN(C(=O)C[C@@H]2C[C@@H]3C=C[C@H]2CC3)CC1. The highest BCUT2D eigenvalue weighted by Gasteiger charge is 2.48. The first-order valence-electron chi connectivity index (χ1n) is 9.30. The van der Waals surface area contributed by atoms with Gasteiger partial charge in [-0.25, -0.2) is 0 Å². The molecule has 1 amide bonds. The van der Waals surface area contributed by atoms with Gasteiger partial charge in [0.2, 0.25) is 5.91 Å². The number of carbonyl (C=O) groups is 2. The third-order valence-electron chi connectivity index (χ3n) is 6.80. The highest BCUT2D eigenvalue weighted by molar-refractivity contribution is 5.76. The fourth-order valence-corrected chi connectivity index (χ4v) is 5.24. The number of likely N-dealkylation sites (tertiary alicyclic amines) is 1. The van der Waals surface area contributed by atoms with Crippen LogP contribution in [0.2, 0.25) is 0 Å². The number of hydrogen-bond acceptors (Lipinski definition) is 2. The summed E-state index contributed by atoms with van der Waals surface area (Å²) in [5, 5.41) is 9.06. The maximum Gasteiger partial charge on any atom is 0.306 e. The molecule has 0 aromatic heterocycles. The van der Waals surface area contributed by atoms with Crippen molar-refractivity contribution in [2.75, 3.05) is 13.1 Å². The summed E-state index contributed by atoms with van der Waals surface area (Å²) in [7, 11) is 0. The van der Waals surface area contributed by atoms with Crippen LogP contribution in [-0.4, -0.2) is 35.0 Å². The molecule has 5 aliphatic rings. The molecule has 4 aliphatic carbocycles. The molecule has 2 saturated carbocycles. The first-order chi connectivity index (χ1) is 11.1. The van der Waals surface area contributed by atoms with Gasteiger partial charge in [-0.05, 0) is 68.1 Å². The summed E-state index contributed by atoms with van der Waals surface area (Å²) in [6.45, 7) is 1.67. The normalized spacial score (nSPS) is 39.5. The minimum Gasteiger partial charge on any atom is -0.481 e. The Hall–Kier alpha value is -1.32. The Morgan fingerprint density at radius 1 is 1.04 bits per heavy atom. The van der Waals surface area contributed by atoms with Gasteiger partial charge in [0.25, 0.3) is 0 Å². The molecule has 1 heterocycles. The molecule has 3 fully saturated rings. The van der Waals surface area contributed by atoms with Gasteiger partial charge >= 0.3 is 5.97 Å². The molecule has 0 unspecified atom stereocenters. The van der Waals surface area contributed by atoms with Crippen molar-refractivity contribution in [3.05, 3.63) is 12.2 Å². The first-order valence-corrected chi connectivity index (χ1v) is 9.30. The molecule has 5 rings (SSSR count). The van der Waals surface area contributed by atoms with Crippen molar-refractivity contribution < 1.29 is 14.7 Å². The first kappa shape index (κ1) is 15.2. The number of fused-ring (bicyclic) bond motifs is 2. The van der Waals surface area contributed by atoms with E-state index in [-0.39, 0.29) is 5.92 Å². The third-order valence-corrected chi connectivity index (χ3v) is 6.80. The lowest BCUT2D eigenvalue weighted by molar-refractivity contribution is -0.139. The molecule has 0 radical (unpaired) electrons. The van der Waals surface area contributed by atoms with Crippen LogP contribution in [0, 0.1) is 35.5 Å². The number of piperidine rings is 1. The zero-order valence-corrected chi connectivity index (χ0v) is 13.7. The van der Waals surface area contributed by atoms with Gasteiger partial charge in [-0.1, -0.05) is 12.2 Å². The van der Waals surface area contributed by atoms with E-state index in [1.54, 1.807) is 0 Å². The van der Waals surface area contributed by atoms with Crippen molar-refractivity contribution in [3.8, 4) is 0 Å². The van der Waals surface area contributed by atoms with Gasteiger partial charge in [0.15, 0.2) is 0 Å². The lowest BCUT2D eigenvalue weighted by atomic mass is 9.68. The molecule has 0 aromatic rings.